The van der Waals surface area contributed by atoms with Crippen molar-refractivity contribution in [1.82, 2.24) is 4.90 Å². The van der Waals surface area contributed by atoms with E-state index in [9.17, 15) is 9.36 Å². The van der Waals surface area contributed by atoms with Crippen LogP contribution in [0.15, 0.2) is 25.3 Å². The maximum absolute atomic E-state index is 13.0. The average molecular weight is 353 g/mol. The summed E-state index contributed by atoms with van der Waals surface area (Å²) in [6.07, 6.45) is 3.17. The van der Waals surface area contributed by atoms with Gasteiger partial charge < -0.3 is 9.84 Å². The minimum atomic E-state index is -2.67. The first kappa shape index (κ1) is 20.8. The van der Waals surface area contributed by atoms with Crippen LogP contribution in [0.25, 0.3) is 0 Å². The van der Waals surface area contributed by atoms with Gasteiger partial charge in [0.15, 0.2) is 0 Å². The Bertz CT molecular complexity index is 376. The summed E-state index contributed by atoms with van der Waals surface area (Å²) in [5, 5.41) is 9.02. The van der Waals surface area contributed by atoms with E-state index < -0.39 is 17.7 Å². The number of hydrogen-bond donors (Lipinski definition) is 1. The molecule has 0 fully saturated rings. The summed E-state index contributed by atoms with van der Waals surface area (Å²) in [5.74, 6) is 0.159. The van der Waals surface area contributed by atoms with Gasteiger partial charge in [-0.15, -0.1) is 13.2 Å². The fourth-order valence-corrected chi connectivity index (χ4v) is 8.53. The topological polar surface area (TPSA) is 66.8 Å². The van der Waals surface area contributed by atoms with E-state index in [-0.39, 0.29) is 12.8 Å². The zero-order valence-corrected chi connectivity index (χ0v) is 15.1. The van der Waals surface area contributed by atoms with E-state index >= 15 is 0 Å². The third-order valence-corrected chi connectivity index (χ3v) is 10.5. The van der Waals surface area contributed by atoms with Crippen LogP contribution >= 0.6 is 28.3 Å². The van der Waals surface area contributed by atoms with Gasteiger partial charge in [-0.05, 0) is 13.8 Å². The second-order valence-corrected chi connectivity index (χ2v) is 12.6. The second kappa shape index (κ2) is 11.4. The molecule has 0 aromatic rings. The molecule has 0 aromatic heterocycles. The van der Waals surface area contributed by atoms with Crippen molar-refractivity contribution in [3.63, 3.8) is 0 Å². The standard InChI is InChI=1S/C13H24NO4PS2/c1-5-8-20-19(17,21-9-6-2)11-14(10-13(15)16)12(4)18-7-3/h5-6,12H,1-2,7-11H2,3-4H3,(H,15,16). The summed E-state index contributed by atoms with van der Waals surface area (Å²) in [7, 11) is 0. The lowest BCUT2D eigenvalue weighted by atomic mass is 10.5. The fraction of sp³-hybridized carbons (Fsp3) is 0.615. The van der Waals surface area contributed by atoms with Crippen molar-refractivity contribution in [2.24, 2.45) is 0 Å². The molecule has 0 saturated heterocycles. The predicted octanol–water partition coefficient (Wildman–Crippen LogP) is 3.74. The highest BCUT2D eigenvalue weighted by Crippen LogP contribution is 2.69. The Kier molecular flexibility index (Phi) is 11.3. The molecule has 1 N–H and O–H groups in total. The zero-order chi connectivity index (χ0) is 16.3. The predicted molar refractivity (Wildman–Crippen MR) is 93.2 cm³/mol. The number of carboxylic acid groups (broad SMARTS) is 1. The normalized spacial score (nSPS) is 13.1. The Morgan fingerprint density at radius 3 is 2.29 bits per heavy atom. The van der Waals surface area contributed by atoms with E-state index in [0.29, 0.717) is 18.1 Å². The maximum Gasteiger partial charge on any atom is 0.317 e. The first-order valence-corrected chi connectivity index (χ1v) is 11.6. The lowest BCUT2D eigenvalue weighted by Gasteiger charge is -2.30. The summed E-state index contributed by atoms with van der Waals surface area (Å²) in [5.41, 5.74) is -2.67. The molecule has 1 unspecified atom stereocenters. The Labute approximate surface area is 135 Å². The molecule has 0 radical (unpaired) electrons. The van der Waals surface area contributed by atoms with E-state index in [1.807, 2.05) is 6.92 Å². The van der Waals surface area contributed by atoms with Crippen molar-refractivity contribution in [1.29, 1.82) is 0 Å². The van der Waals surface area contributed by atoms with E-state index in [2.05, 4.69) is 13.2 Å². The Morgan fingerprint density at radius 2 is 1.90 bits per heavy atom. The molecule has 0 spiro atoms. The molecule has 0 aliphatic rings. The molecule has 0 aromatic carbocycles. The van der Waals surface area contributed by atoms with Gasteiger partial charge in [-0.25, -0.2) is 0 Å². The molecule has 0 rings (SSSR count). The van der Waals surface area contributed by atoms with Crippen LogP contribution in [-0.2, 0) is 14.1 Å². The van der Waals surface area contributed by atoms with Gasteiger partial charge in [0.25, 0.3) is 0 Å². The quantitative estimate of drug-likeness (QED) is 0.307. The SMILES string of the molecule is C=CCSP(=O)(CN(CC(=O)O)C(C)OCC)SCC=C. The number of carboxylic acids is 1. The molecule has 8 heteroatoms. The number of carbonyl (C=O) groups is 1. The van der Waals surface area contributed by atoms with E-state index in [1.165, 1.54) is 22.8 Å². The van der Waals surface area contributed by atoms with Gasteiger partial charge in [-0.3, -0.25) is 14.3 Å². The van der Waals surface area contributed by atoms with Gasteiger partial charge in [0, 0.05) is 18.1 Å². The molecule has 1 atom stereocenters. The Balaban J connectivity index is 4.98. The van der Waals surface area contributed by atoms with Crippen LogP contribution in [0.1, 0.15) is 13.8 Å². The summed E-state index contributed by atoms with van der Waals surface area (Å²) >= 11 is 2.63. The molecular formula is C13H24NO4PS2. The summed E-state index contributed by atoms with van der Waals surface area (Å²) in [6.45, 7) is 11.2. The first-order valence-electron chi connectivity index (χ1n) is 6.56. The molecule has 5 nitrogen and oxygen atoms in total. The molecule has 0 aliphatic heterocycles. The lowest BCUT2D eigenvalue weighted by molar-refractivity contribution is -0.141. The van der Waals surface area contributed by atoms with Gasteiger partial charge in [0.2, 0.25) is 5.55 Å². The van der Waals surface area contributed by atoms with Gasteiger partial charge in [-0.2, -0.15) is 0 Å². The van der Waals surface area contributed by atoms with Crippen LogP contribution in [0.5, 0.6) is 0 Å². The summed E-state index contributed by atoms with van der Waals surface area (Å²) in [6, 6.07) is 0. The number of hydrogen-bond acceptors (Lipinski definition) is 6. The molecule has 0 saturated carbocycles. The van der Waals surface area contributed by atoms with Crippen LogP contribution in [-0.4, -0.2) is 53.1 Å². The molecule has 0 amide bonds. The van der Waals surface area contributed by atoms with Gasteiger partial charge in [-0.1, -0.05) is 34.9 Å². The van der Waals surface area contributed by atoms with Gasteiger partial charge in [0.1, 0.15) is 6.23 Å². The number of rotatable bonds is 13. The number of nitrogens with zero attached hydrogens (tertiary/aromatic N) is 1. The highest BCUT2D eigenvalue weighted by Gasteiger charge is 2.29. The molecule has 21 heavy (non-hydrogen) atoms. The van der Waals surface area contributed by atoms with Crippen molar-refractivity contribution < 1.29 is 19.2 Å². The van der Waals surface area contributed by atoms with Crippen LogP contribution < -0.4 is 0 Å². The zero-order valence-electron chi connectivity index (χ0n) is 12.6. The molecular weight excluding hydrogens is 329 g/mol. The van der Waals surface area contributed by atoms with Crippen LogP contribution in [0.4, 0.5) is 0 Å². The lowest BCUT2D eigenvalue weighted by Crippen LogP contribution is -2.39. The fourth-order valence-electron chi connectivity index (χ4n) is 1.49. The summed E-state index contributed by atoms with van der Waals surface area (Å²) < 4.78 is 18.4. The van der Waals surface area contributed by atoms with Gasteiger partial charge in [0.05, 0.1) is 12.8 Å². The Hall–Kier alpha value is -0.200. The Morgan fingerprint density at radius 1 is 1.38 bits per heavy atom. The van der Waals surface area contributed by atoms with Gasteiger partial charge >= 0.3 is 5.97 Å². The van der Waals surface area contributed by atoms with E-state index in [4.69, 9.17) is 9.84 Å². The third kappa shape index (κ3) is 9.42. The van der Waals surface area contributed by atoms with Crippen molar-refractivity contribution in [2.75, 3.05) is 30.9 Å². The van der Waals surface area contributed by atoms with E-state index in [0.717, 1.165) is 0 Å². The monoisotopic (exact) mass is 353 g/mol. The van der Waals surface area contributed by atoms with Crippen molar-refractivity contribution in [3.8, 4) is 0 Å². The molecule has 0 aliphatic carbocycles. The largest absolute Gasteiger partial charge is 0.480 e. The average Bonchev–Trinajstić information content (AvgIpc) is 2.42. The number of aliphatic carboxylic acids is 1. The maximum atomic E-state index is 13.0. The van der Waals surface area contributed by atoms with E-state index in [1.54, 1.807) is 24.0 Å². The minimum absolute atomic E-state index is 0.178. The smallest absolute Gasteiger partial charge is 0.317 e. The first-order chi connectivity index (χ1) is 9.88. The summed E-state index contributed by atoms with van der Waals surface area (Å²) in [4.78, 5) is 12.6. The van der Waals surface area contributed by atoms with Crippen LogP contribution in [0.2, 0.25) is 0 Å². The second-order valence-electron chi connectivity index (χ2n) is 4.12. The van der Waals surface area contributed by atoms with Crippen molar-refractivity contribution in [3.05, 3.63) is 25.3 Å². The van der Waals surface area contributed by atoms with Crippen LogP contribution in [0.3, 0.4) is 0 Å². The highest BCUT2D eigenvalue weighted by atomic mass is 33.1. The van der Waals surface area contributed by atoms with Crippen LogP contribution in [0, 0.1) is 0 Å². The molecule has 0 heterocycles. The van der Waals surface area contributed by atoms with Crippen molar-refractivity contribution in [2.45, 2.75) is 20.1 Å². The molecule has 122 valence electrons. The highest BCUT2D eigenvalue weighted by molar-refractivity contribution is 8.90. The minimum Gasteiger partial charge on any atom is -0.480 e. The third-order valence-electron chi connectivity index (χ3n) is 2.39. The number of ether oxygens (including phenoxy) is 1. The van der Waals surface area contributed by atoms with Crippen molar-refractivity contribution >= 4 is 34.3 Å². The molecule has 0 bridgehead atoms.